The quantitative estimate of drug-likeness (QED) is 0.643. The van der Waals surface area contributed by atoms with Gasteiger partial charge in [0.25, 0.3) is 5.56 Å². The van der Waals surface area contributed by atoms with Gasteiger partial charge in [0.15, 0.2) is 0 Å². The lowest BCUT2D eigenvalue weighted by Crippen LogP contribution is -2.26. The first-order chi connectivity index (χ1) is 14.0. The van der Waals surface area contributed by atoms with E-state index in [0.717, 1.165) is 23.2 Å². The van der Waals surface area contributed by atoms with Crippen molar-refractivity contribution in [2.24, 2.45) is 0 Å². The molecule has 1 heterocycles. The number of amides is 1. The summed E-state index contributed by atoms with van der Waals surface area (Å²) in [6, 6.07) is 21.6. The van der Waals surface area contributed by atoms with Crippen molar-refractivity contribution in [1.82, 2.24) is 14.8 Å². The summed E-state index contributed by atoms with van der Waals surface area (Å²) in [4.78, 5) is 26.1. The number of rotatable bonds is 8. The topological polar surface area (TPSA) is 54.3 Å². The first kappa shape index (κ1) is 20.6. The Hall–Kier alpha value is -3.18. The minimum Gasteiger partial charge on any atom is -0.352 e. The molecule has 0 aliphatic rings. The Kier molecular flexibility index (Phi) is 6.98. The summed E-state index contributed by atoms with van der Waals surface area (Å²) in [7, 11) is 4.11. The third-order valence-corrected chi connectivity index (χ3v) is 4.74. The second-order valence-corrected chi connectivity index (χ2v) is 7.35. The van der Waals surface area contributed by atoms with Gasteiger partial charge < -0.3 is 14.8 Å². The summed E-state index contributed by atoms with van der Waals surface area (Å²) in [5.74, 6) is -0.0723. The zero-order valence-corrected chi connectivity index (χ0v) is 17.0. The summed E-state index contributed by atoms with van der Waals surface area (Å²) in [6.07, 6.45) is 1.97. The highest BCUT2D eigenvalue weighted by Gasteiger charge is 2.08. The van der Waals surface area contributed by atoms with Gasteiger partial charge in [0.2, 0.25) is 5.91 Å². The van der Waals surface area contributed by atoms with Gasteiger partial charge in [0.05, 0.1) is 0 Å². The van der Waals surface area contributed by atoms with Gasteiger partial charge in [-0.15, -0.1) is 0 Å². The van der Waals surface area contributed by atoms with E-state index in [9.17, 15) is 9.59 Å². The Morgan fingerprint density at radius 1 is 0.966 bits per heavy atom. The van der Waals surface area contributed by atoms with Gasteiger partial charge in [0.1, 0.15) is 0 Å². The Labute approximate surface area is 171 Å². The van der Waals surface area contributed by atoms with Crippen LogP contribution in [-0.4, -0.2) is 29.5 Å². The predicted molar refractivity (Wildman–Crippen MR) is 116 cm³/mol. The molecule has 0 saturated heterocycles. The molecule has 150 valence electrons. The van der Waals surface area contributed by atoms with Crippen molar-refractivity contribution in [1.29, 1.82) is 0 Å². The first-order valence-corrected chi connectivity index (χ1v) is 9.77. The van der Waals surface area contributed by atoms with E-state index in [-0.39, 0.29) is 17.9 Å². The number of carbonyl (C=O) groups excluding carboxylic acids is 1. The van der Waals surface area contributed by atoms with Crippen molar-refractivity contribution in [2.45, 2.75) is 26.1 Å². The molecule has 1 N–H and O–H groups in total. The van der Waals surface area contributed by atoms with Crippen LogP contribution in [0.15, 0.2) is 77.7 Å². The Bertz CT molecular complexity index is 1010. The largest absolute Gasteiger partial charge is 0.352 e. The molecule has 1 aromatic heterocycles. The number of nitrogens with zero attached hydrogens (tertiary/aromatic N) is 2. The van der Waals surface area contributed by atoms with E-state index in [0.29, 0.717) is 13.1 Å². The van der Waals surface area contributed by atoms with Crippen LogP contribution in [0.4, 0.5) is 0 Å². The van der Waals surface area contributed by atoms with Crippen LogP contribution < -0.4 is 10.9 Å². The maximum atomic E-state index is 12.3. The summed E-state index contributed by atoms with van der Waals surface area (Å²) in [5.41, 5.74) is 4.49. The average Bonchev–Trinajstić information content (AvgIpc) is 2.72. The molecule has 0 radical (unpaired) electrons. The van der Waals surface area contributed by atoms with Crippen molar-refractivity contribution < 1.29 is 4.79 Å². The fourth-order valence-electron chi connectivity index (χ4n) is 3.26. The van der Waals surface area contributed by atoms with Crippen molar-refractivity contribution in [3.05, 3.63) is 94.4 Å². The lowest BCUT2D eigenvalue weighted by atomic mass is 9.98. The summed E-state index contributed by atoms with van der Waals surface area (Å²) >= 11 is 0. The zero-order chi connectivity index (χ0) is 20.6. The molecule has 0 aliphatic heterocycles. The van der Waals surface area contributed by atoms with Gasteiger partial charge in [0, 0.05) is 38.3 Å². The van der Waals surface area contributed by atoms with Crippen LogP contribution in [0, 0.1) is 0 Å². The van der Waals surface area contributed by atoms with Gasteiger partial charge in [-0.1, -0.05) is 54.6 Å². The van der Waals surface area contributed by atoms with Crippen LogP contribution >= 0.6 is 0 Å². The molecule has 0 unspecified atom stereocenters. The van der Waals surface area contributed by atoms with Crippen molar-refractivity contribution >= 4 is 5.91 Å². The molecule has 0 aliphatic carbocycles. The third-order valence-electron chi connectivity index (χ3n) is 4.74. The summed E-state index contributed by atoms with van der Waals surface area (Å²) in [6.45, 7) is 1.74. The fourth-order valence-corrected chi connectivity index (χ4v) is 3.26. The number of hydrogen-bond acceptors (Lipinski definition) is 3. The maximum Gasteiger partial charge on any atom is 0.250 e. The summed E-state index contributed by atoms with van der Waals surface area (Å²) in [5, 5.41) is 2.98. The molecule has 5 heteroatoms. The zero-order valence-electron chi connectivity index (χ0n) is 17.0. The molecule has 5 nitrogen and oxygen atoms in total. The lowest BCUT2D eigenvalue weighted by Gasteiger charge is -2.13. The molecule has 0 bridgehead atoms. The smallest absolute Gasteiger partial charge is 0.250 e. The van der Waals surface area contributed by atoms with Gasteiger partial charge in [-0.3, -0.25) is 9.59 Å². The molecule has 0 spiro atoms. The first-order valence-electron chi connectivity index (χ1n) is 9.77. The molecule has 3 aromatic rings. The Balaban J connectivity index is 1.62. The second kappa shape index (κ2) is 9.85. The van der Waals surface area contributed by atoms with E-state index in [1.165, 1.54) is 11.6 Å². The molecule has 0 atom stereocenters. The van der Waals surface area contributed by atoms with E-state index in [2.05, 4.69) is 54.6 Å². The standard InChI is InChI=1S/C24H27N3O2/c1-26(2)18-19-10-12-20(13-11-19)22-8-4-3-7-21(22)17-25-23(28)14-16-27-15-6-5-9-24(27)29/h3-13,15H,14,16-18H2,1-2H3,(H,25,28). The third kappa shape index (κ3) is 5.90. The van der Waals surface area contributed by atoms with Crippen LogP contribution in [0.3, 0.4) is 0 Å². The van der Waals surface area contributed by atoms with Crippen LogP contribution in [0.2, 0.25) is 0 Å². The van der Waals surface area contributed by atoms with Gasteiger partial charge in [-0.2, -0.15) is 0 Å². The van der Waals surface area contributed by atoms with Crippen LogP contribution in [0.5, 0.6) is 0 Å². The minimum absolute atomic E-state index is 0.0723. The molecule has 29 heavy (non-hydrogen) atoms. The van der Waals surface area contributed by atoms with Crippen LogP contribution in [0.1, 0.15) is 17.5 Å². The average molecular weight is 389 g/mol. The van der Waals surface area contributed by atoms with E-state index >= 15 is 0 Å². The van der Waals surface area contributed by atoms with Gasteiger partial charge >= 0.3 is 0 Å². The van der Waals surface area contributed by atoms with Crippen LogP contribution in [-0.2, 0) is 24.4 Å². The van der Waals surface area contributed by atoms with Gasteiger partial charge in [-0.25, -0.2) is 0 Å². The normalized spacial score (nSPS) is 10.9. The number of aryl methyl sites for hydroxylation is 1. The van der Waals surface area contributed by atoms with E-state index < -0.39 is 0 Å². The van der Waals surface area contributed by atoms with Crippen molar-refractivity contribution in [3.8, 4) is 11.1 Å². The lowest BCUT2D eigenvalue weighted by molar-refractivity contribution is -0.121. The number of benzene rings is 2. The highest BCUT2D eigenvalue weighted by molar-refractivity contribution is 5.76. The minimum atomic E-state index is -0.0941. The molecular weight excluding hydrogens is 362 g/mol. The Morgan fingerprint density at radius 2 is 1.69 bits per heavy atom. The maximum absolute atomic E-state index is 12.3. The predicted octanol–water partition coefficient (Wildman–Crippen LogP) is 3.28. The fraction of sp³-hybridized carbons (Fsp3) is 0.250. The molecule has 1 amide bonds. The van der Waals surface area contributed by atoms with Gasteiger partial charge in [-0.05, 0) is 42.4 Å². The second-order valence-electron chi connectivity index (χ2n) is 7.35. The van der Waals surface area contributed by atoms with E-state index in [4.69, 9.17) is 0 Å². The highest BCUT2D eigenvalue weighted by Crippen LogP contribution is 2.24. The molecule has 2 aromatic carbocycles. The number of hydrogen-bond donors (Lipinski definition) is 1. The number of carbonyl (C=O) groups is 1. The number of nitrogens with one attached hydrogen (secondary N) is 1. The molecule has 3 rings (SSSR count). The summed E-state index contributed by atoms with van der Waals surface area (Å²) < 4.78 is 1.54. The molecular formula is C24H27N3O2. The molecule has 0 saturated carbocycles. The molecule has 0 fully saturated rings. The monoisotopic (exact) mass is 389 g/mol. The van der Waals surface area contributed by atoms with E-state index in [1.54, 1.807) is 22.9 Å². The SMILES string of the molecule is CN(C)Cc1ccc(-c2ccccc2CNC(=O)CCn2ccccc2=O)cc1. The van der Waals surface area contributed by atoms with Crippen molar-refractivity contribution in [3.63, 3.8) is 0 Å². The van der Waals surface area contributed by atoms with Crippen molar-refractivity contribution in [2.75, 3.05) is 14.1 Å². The number of pyridine rings is 1. The van der Waals surface area contributed by atoms with E-state index in [1.807, 2.05) is 18.2 Å². The van der Waals surface area contributed by atoms with Crippen LogP contribution in [0.25, 0.3) is 11.1 Å². The highest BCUT2D eigenvalue weighted by atomic mass is 16.1. The Morgan fingerprint density at radius 3 is 2.41 bits per heavy atom. The number of aromatic nitrogens is 1.